The third kappa shape index (κ3) is 4.44. The molecule has 1 rings (SSSR count). The highest BCUT2D eigenvalue weighted by Gasteiger charge is 2.39. The van der Waals surface area contributed by atoms with Crippen LogP contribution in [-0.2, 0) is 22.7 Å². The highest BCUT2D eigenvalue weighted by atomic mass is 32.2. The molecule has 0 bridgehead atoms. The molecule has 0 unspecified atom stereocenters. The van der Waals surface area contributed by atoms with Crippen molar-refractivity contribution >= 4 is 10.0 Å². The van der Waals surface area contributed by atoms with Crippen LogP contribution in [0.3, 0.4) is 0 Å². The lowest BCUT2D eigenvalue weighted by Crippen LogP contribution is -2.24. The zero-order chi connectivity index (χ0) is 16.6. The molecule has 21 heavy (non-hydrogen) atoms. The smallest absolute Gasteiger partial charge is 0.387 e. The summed E-state index contributed by atoms with van der Waals surface area (Å²) in [5.74, 6) is -1.62. The number of hydrogen-bond donors (Lipinski definition) is 2. The number of pyridine rings is 1. The van der Waals surface area contributed by atoms with E-state index < -0.39 is 51.1 Å². The summed E-state index contributed by atoms with van der Waals surface area (Å²) in [6, 6.07) is -0.0131. The van der Waals surface area contributed by atoms with Gasteiger partial charge in [0.15, 0.2) is 0 Å². The first-order valence-corrected chi connectivity index (χ1v) is 6.40. The highest BCUT2D eigenvalue weighted by molar-refractivity contribution is 7.89. The van der Waals surface area contributed by atoms with E-state index in [1.54, 1.807) is 0 Å². The topological polar surface area (TPSA) is 108 Å². The molecule has 0 fully saturated rings. The second-order valence-corrected chi connectivity index (χ2v) is 5.11. The Bertz CT molecular complexity index is 640. The lowest BCUT2D eigenvalue weighted by Gasteiger charge is -2.16. The van der Waals surface area contributed by atoms with Gasteiger partial charge in [0.25, 0.3) is 0 Å². The van der Waals surface area contributed by atoms with E-state index in [-0.39, 0.29) is 6.07 Å². The van der Waals surface area contributed by atoms with Crippen LogP contribution in [0.25, 0.3) is 0 Å². The molecule has 120 valence electrons. The molecule has 0 saturated carbocycles. The van der Waals surface area contributed by atoms with E-state index >= 15 is 0 Å². The maximum absolute atomic E-state index is 12.5. The average Bonchev–Trinajstić information content (AvgIpc) is 2.23. The number of halogens is 6. The largest absolute Gasteiger partial charge is 0.574 e. The molecule has 1 aromatic rings. The van der Waals surface area contributed by atoms with Crippen LogP contribution in [0.5, 0.6) is 5.88 Å². The van der Waals surface area contributed by atoms with Crippen LogP contribution in [0.15, 0.2) is 11.0 Å². The first kappa shape index (κ1) is 17.5. The van der Waals surface area contributed by atoms with Crippen molar-refractivity contribution in [1.82, 2.24) is 4.98 Å². The van der Waals surface area contributed by atoms with Crippen LogP contribution in [0, 0.1) is 0 Å². The number of aromatic nitrogens is 1. The molecular formula is C8H7F6N3O3S. The van der Waals surface area contributed by atoms with Gasteiger partial charge in [-0.2, -0.15) is 13.2 Å². The molecule has 1 aromatic heterocycles. The van der Waals surface area contributed by atoms with Crippen LogP contribution >= 0.6 is 0 Å². The monoisotopic (exact) mass is 339 g/mol. The number of hydrogen-bond acceptors (Lipinski definition) is 5. The Morgan fingerprint density at radius 3 is 2.05 bits per heavy atom. The molecule has 1 heterocycles. The standard InChI is InChI=1S/C8H7F6N3O3S/c9-7(10,11)5-1-4(21(16,18)19)3(2-15)6(17-5)20-8(12,13)14/h1H,2,15H2,(H2,16,18,19). The predicted molar refractivity (Wildman–Crippen MR) is 55.2 cm³/mol. The molecule has 0 amide bonds. The van der Waals surface area contributed by atoms with Crippen LogP contribution in [0.1, 0.15) is 11.3 Å². The highest BCUT2D eigenvalue weighted by Crippen LogP contribution is 2.35. The van der Waals surface area contributed by atoms with Gasteiger partial charge >= 0.3 is 12.5 Å². The first-order chi connectivity index (χ1) is 9.25. The number of ether oxygens (including phenoxy) is 1. The number of rotatable bonds is 3. The van der Waals surface area contributed by atoms with Gasteiger partial charge < -0.3 is 10.5 Å². The molecule has 0 spiro atoms. The summed E-state index contributed by atoms with van der Waals surface area (Å²) in [5.41, 5.74) is 2.21. The molecule has 0 saturated heterocycles. The zero-order valence-corrected chi connectivity index (χ0v) is 10.6. The fourth-order valence-corrected chi connectivity index (χ4v) is 2.10. The van der Waals surface area contributed by atoms with Gasteiger partial charge in [-0.25, -0.2) is 18.5 Å². The normalized spacial score (nSPS) is 13.3. The number of primary sulfonamides is 1. The van der Waals surface area contributed by atoms with Crippen molar-refractivity contribution < 1.29 is 39.5 Å². The van der Waals surface area contributed by atoms with Crippen LogP contribution in [0.2, 0.25) is 0 Å². The average molecular weight is 339 g/mol. The second kappa shape index (κ2) is 5.31. The quantitative estimate of drug-likeness (QED) is 0.802. The molecule has 0 aliphatic heterocycles. The van der Waals surface area contributed by atoms with Gasteiger partial charge in [-0.1, -0.05) is 0 Å². The van der Waals surface area contributed by atoms with E-state index in [0.717, 1.165) is 0 Å². The number of nitrogens with two attached hydrogens (primary N) is 2. The van der Waals surface area contributed by atoms with Crippen LogP contribution < -0.4 is 15.6 Å². The Hall–Kier alpha value is -1.60. The maximum atomic E-state index is 12.5. The van der Waals surface area contributed by atoms with Crippen molar-refractivity contribution in [2.45, 2.75) is 24.0 Å². The van der Waals surface area contributed by atoms with E-state index in [1.807, 2.05) is 0 Å². The number of nitrogens with zero attached hydrogens (tertiary/aromatic N) is 1. The summed E-state index contributed by atoms with van der Waals surface area (Å²) >= 11 is 0. The van der Waals surface area contributed by atoms with Crippen molar-refractivity contribution in [3.8, 4) is 5.88 Å². The van der Waals surface area contributed by atoms with Crippen molar-refractivity contribution in [2.75, 3.05) is 0 Å². The van der Waals surface area contributed by atoms with E-state index in [1.165, 1.54) is 0 Å². The Balaban J connectivity index is 3.68. The van der Waals surface area contributed by atoms with Crippen LogP contribution in [-0.4, -0.2) is 19.8 Å². The maximum Gasteiger partial charge on any atom is 0.574 e. The molecule has 4 N–H and O–H groups in total. The first-order valence-electron chi connectivity index (χ1n) is 4.85. The number of alkyl halides is 6. The summed E-state index contributed by atoms with van der Waals surface area (Å²) in [4.78, 5) is 1.36. The minimum absolute atomic E-state index is 0.0131. The fraction of sp³-hybridized carbons (Fsp3) is 0.375. The molecule has 0 radical (unpaired) electrons. The van der Waals surface area contributed by atoms with Crippen molar-refractivity contribution in [3.05, 3.63) is 17.3 Å². The van der Waals surface area contributed by atoms with E-state index in [2.05, 4.69) is 14.9 Å². The summed E-state index contributed by atoms with van der Waals surface area (Å²) < 4.78 is 99.7. The third-order valence-corrected chi connectivity index (χ3v) is 3.04. The van der Waals surface area contributed by atoms with Crippen molar-refractivity contribution in [2.24, 2.45) is 10.9 Å². The molecule has 0 atom stereocenters. The summed E-state index contributed by atoms with van der Waals surface area (Å²) in [7, 11) is -4.77. The van der Waals surface area contributed by atoms with E-state index in [0.29, 0.717) is 0 Å². The minimum Gasteiger partial charge on any atom is -0.387 e. The van der Waals surface area contributed by atoms with E-state index in [9.17, 15) is 34.8 Å². The van der Waals surface area contributed by atoms with Crippen molar-refractivity contribution in [1.29, 1.82) is 0 Å². The zero-order valence-electron chi connectivity index (χ0n) is 9.79. The third-order valence-electron chi connectivity index (χ3n) is 2.06. The SMILES string of the molecule is NCc1c(S(N)(=O)=O)cc(C(F)(F)F)nc1OC(F)(F)F. The fourth-order valence-electron chi connectivity index (χ4n) is 1.31. The van der Waals surface area contributed by atoms with Gasteiger partial charge in [0, 0.05) is 12.1 Å². The van der Waals surface area contributed by atoms with Crippen molar-refractivity contribution in [3.63, 3.8) is 0 Å². The molecule has 0 aliphatic rings. The van der Waals surface area contributed by atoms with Gasteiger partial charge in [-0.15, -0.1) is 13.2 Å². The van der Waals surface area contributed by atoms with Gasteiger partial charge in [0.1, 0.15) is 5.69 Å². The summed E-state index contributed by atoms with van der Waals surface area (Å²) in [6.07, 6.45) is -10.6. The van der Waals surface area contributed by atoms with Crippen LogP contribution in [0.4, 0.5) is 26.3 Å². The summed E-state index contributed by atoms with van der Waals surface area (Å²) in [6.45, 7) is -0.887. The Kier molecular flexibility index (Phi) is 4.41. The minimum atomic E-state index is -5.39. The van der Waals surface area contributed by atoms with Gasteiger partial charge in [-0.05, 0) is 6.07 Å². The molecule has 6 nitrogen and oxygen atoms in total. The summed E-state index contributed by atoms with van der Waals surface area (Å²) in [5, 5.41) is 4.66. The van der Waals surface area contributed by atoms with Gasteiger partial charge in [0.05, 0.1) is 4.90 Å². The Morgan fingerprint density at radius 1 is 1.19 bits per heavy atom. The predicted octanol–water partition coefficient (Wildman–Crippen LogP) is 1.11. The number of sulfonamides is 1. The lowest BCUT2D eigenvalue weighted by molar-refractivity contribution is -0.276. The molecule has 0 aromatic carbocycles. The molecular weight excluding hydrogens is 332 g/mol. The lowest BCUT2D eigenvalue weighted by atomic mass is 10.2. The second-order valence-electron chi connectivity index (χ2n) is 3.58. The van der Waals surface area contributed by atoms with Gasteiger partial charge in [0.2, 0.25) is 15.9 Å². The van der Waals surface area contributed by atoms with Gasteiger partial charge in [-0.3, -0.25) is 0 Å². The molecule has 0 aliphatic carbocycles. The Morgan fingerprint density at radius 2 is 1.71 bits per heavy atom. The Labute approximate surface area is 113 Å². The molecule has 13 heteroatoms. The van der Waals surface area contributed by atoms with E-state index in [4.69, 9.17) is 5.73 Å².